The summed E-state index contributed by atoms with van der Waals surface area (Å²) in [5, 5.41) is 2.88. The molecule has 0 saturated carbocycles. The van der Waals surface area contributed by atoms with Gasteiger partial charge in [0.15, 0.2) is 17.1 Å². The summed E-state index contributed by atoms with van der Waals surface area (Å²) in [6, 6.07) is 14.5. The van der Waals surface area contributed by atoms with Crippen molar-refractivity contribution < 1.29 is 23.7 Å². The van der Waals surface area contributed by atoms with Crippen molar-refractivity contribution in [2.45, 2.75) is 38.4 Å². The van der Waals surface area contributed by atoms with E-state index in [0.717, 1.165) is 25.2 Å². The predicted molar refractivity (Wildman–Crippen MR) is 107 cm³/mol. The Morgan fingerprint density at radius 3 is 2.50 bits per heavy atom. The Kier molecular flexibility index (Phi) is 6.41. The molecule has 1 saturated heterocycles. The third-order valence-electron chi connectivity index (χ3n) is 4.55. The summed E-state index contributed by atoms with van der Waals surface area (Å²) in [4.78, 5) is 12.7. The molecule has 0 aromatic heterocycles. The van der Waals surface area contributed by atoms with Crippen LogP contribution >= 0.6 is 0 Å². The van der Waals surface area contributed by atoms with E-state index in [2.05, 4.69) is 5.32 Å². The van der Waals surface area contributed by atoms with E-state index < -0.39 is 5.60 Å². The van der Waals surface area contributed by atoms with Crippen LogP contribution < -0.4 is 19.5 Å². The number of para-hydroxylation sites is 2. The summed E-state index contributed by atoms with van der Waals surface area (Å²) in [6.07, 6.45) is 2.30. The third-order valence-corrected chi connectivity index (χ3v) is 4.55. The number of anilines is 1. The lowest BCUT2D eigenvalue weighted by atomic mass is 10.1. The van der Waals surface area contributed by atoms with Gasteiger partial charge in [0, 0.05) is 12.3 Å². The molecule has 150 valence electrons. The van der Waals surface area contributed by atoms with Crippen molar-refractivity contribution in [3.8, 4) is 17.2 Å². The Hall–Kier alpha value is -2.73. The molecule has 1 heterocycles. The first-order valence-electron chi connectivity index (χ1n) is 9.46. The topological polar surface area (TPSA) is 66.0 Å². The van der Waals surface area contributed by atoms with Crippen LogP contribution in [0, 0.1) is 0 Å². The fourth-order valence-electron chi connectivity index (χ4n) is 2.91. The van der Waals surface area contributed by atoms with Gasteiger partial charge in [-0.25, -0.2) is 0 Å². The highest BCUT2D eigenvalue weighted by Crippen LogP contribution is 2.30. The van der Waals surface area contributed by atoms with Gasteiger partial charge in [-0.15, -0.1) is 0 Å². The van der Waals surface area contributed by atoms with E-state index in [1.165, 1.54) is 0 Å². The normalized spacial score (nSPS) is 16.5. The molecule has 0 bridgehead atoms. The molecule has 1 aliphatic heterocycles. The van der Waals surface area contributed by atoms with Crippen LogP contribution in [0.5, 0.6) is 17.2 Å². The van der Waals surface area contributed by atoms with Gasteiger partial charge < -0.3 is 24.3 Å². The summed E-state index contributed by atoms with van der Waals surface area (Å²) in [7, 11) is 1.57. The Morgan fingerprint density at radius 2 is 1.86 bits per heavy atom. The number of carbonyl (C=O) groups is 1. The van der Waals surface area contributed by atoms with Crippen molar-refractivity contribution in [3.05, 3.63) is 48.5 Å². The quantitative estimate of drug-likeness (QED) is 0.743. The molecule has 2 aromatic rings. The van der Waals surface area contributed by atoms with E-state index in [-0.39, 0.29) is 12.0 Å². The predicted octanol–water partition coefficient (Wildman–Crippen LogP) is 4.05. The van der Waals surface area contributed by atoms with Gasteiger partial charge in [-0.3, -0.25) is 4.79 Å². The van der Waals surface area contributed by atoms with Crippen molar-refractivity contribution >= 4 is 11.6 Å². The SMILES string of the molecule is COc1ccccc1OC(C)(C)C(=O)Nc1ccc(OCC2CCCO2)cc1. The molecule has 1 fully saturated rings. The van der Waals surface area contributed by atoms with E-state index >= 15 is 0 Å². The molecule has 1 atom stereocenters. The van der Waals surface area contributed by atoms with Crippen molar-refractivity contribution in [1.82, 2.24) is 0 Å². The fourth-order valence-corrected chi connectivity index (χ4v) is 2.91. The Labute approximate surface area is 165 Å². The molecule has 0 aliphatic carbocycles. The van der Waals surface area contributed by atoms with E-state index in [1.54, 1.807) is 33.1 Å². The first kappa shape index (κ1) is 20.0. The maximum absolute atomic E-state index is 12.7. The molecule has 0 radical (unpaired) electrons. The lowest BCUT2D eigenvalue weighted by Crippen LogP contribution is -2.42. The molecule has 1 unspecified atom stereocenters. The number of carbonyl (C=O) groups excluding carboxylic acids is 1. The van der Waals surface area contributed by atoms with E-state index in [9.17, 15) is 4.79 Å². The highest BCUT2D eigenvalue weighted by Gasteiger charge is 2.31. The number of hydrogen-bond donors (Lipinski definition) is 1. The molecule has 3 rings (SSSR count). The minimum absolute atomic E-state index is 0.173. The smallest absolute Gasteiger partial charge is 0.267 e. The zero-order chi connectivity index (χ0) is 20.0. The molecule has 6 nitrogen and oxygen atoms in total. The zero-order valence-electron chi connectivity index (χ0n) is 16.6. The number of hydrogen-bond acceptors (Lipinski definition) is 5. The van der Waals surface area contributed by atoms with Crippen molar-refractivity contribution in [1.29, 1.82) is 0 Å². The van der Waals surface area contributed by atoms with Gasteiger partial charge >= 0.3 is 0 Å². The van der Waals surface area contributed by atoms with Crippen LogP contribution in [0.25, 0.3) is 0 Å². The monoisotopic (exact) mass is 385 g/mol. The van der Waals surface area contributed by atoms with Gasteiger partial charge in [0.2, 0.25) is 0 Å². The second kappa shape index (κ2) is 8.97. The number of methoxy groups -OCH3 is 1. The van der Waals surface area contributed by atoms with E-state index in [1.807, 2.05) is 36.4 Å². The second-order valence-corrected chi connectivity index (χ2v) is 7.19. The molecule has 28 heavy (non-hydrogen) atoms. The Balaban J connectivity index is 1.56. The summed E-state index contributed by atoms with van der Waals surface area (Å²) in [5.74, 6) is 1.59. The number of benzene rings is 2. The van der Waals surface area contributed by atoms with Gasteiger partial charge in [0.25, 0.3) is 5.91 Å². The maximum atomic E-state index is 12.7. The van der Waals surface area contributed by atoms with E-state index in [0.29, 0.717) is 23.8 Å². The lowest BCUT2D eigenvalue weighted by molar-refractivity contribution is -0.128. The molecular formula is C22H27NO5. The summed E-state index contributed by atoms with van der Waals surface area (Å²) in [6.45, 7) is 4.79. The van der Waals surface area contributed by atoms with Crippen LogP contribution in [0.1, 0.15) is 26.7 Å². The van der Waals surface area contributed by atoms with Gasteiger partial charge in [-0.2, -0.15) is 0 Å². The Bertz CT molecular complexity index is 782. The first-order valence-corrected chi connectivity index (χ1v) is 9.46. The highest BCUT2D eigenvalue weighted by molar-refractivity contribution is 5.97. The molecular weight excluding hydrogens is 358 g/mol. The van der Waals surface area contributed by atoms with Crippen LogP contribution in [-0.2, 0) is 9.53 Å². The number of ether oxygens (including phenoxy) is 4. The average Bonchev–Trinajstić information content (AvgIpc) is 3.21. The van der Waals surface area contributed by atoms with Gasteiger partial charge in [0.1, 0.15) is 12.4 Å². The van der Waals surface area contributed by atoms with Crippen molar-refractivity contribution in [2.75, 3.05) is 25.6 Å². The van der Waals surface area contributed by atoms with Crippen LogP contribution in [0.4, 0.5) is 5.69 Å². The van der Waals surface area contributed by atoms with Crippen LogP contribution in [0.15, 0.2) is 48.5 Å². The number of nitrogens with one attached hydrogen (secondary N) is 1. The minimum Gasteiger partial charge on any atom is -0.493 e. The molecule has 1 aliphatic rings. The third kappa shape index (κ3) is 5.16. The minimum atomic E-state index is -1.08. The van der Waals surface area contributed by atoms with Gasteiger partial charge in [-0.1, -0.05) is 12.1 Å². The average molecular weight is 385 g/mol. The molecule has 1 amide bonds. The van der Waals surface area contributed by atoms with Crippen molar-refractivity contribution in [3.63, 3.8) is 0 Å². The van der Waals surface area contributed by atoms with Gasteiger partial charge in [-0.05, 0) is 63.1 Å². The fraction of sp³-hybridized carbons (Fsp3) is 0.409. The summed E-state index contributed by atoms with van der Waals surface area (Å²) >= 11 is 0. The second-order valence-electron chi connectivity index (χ2n) is 7.19. The standard InChI is InChI=1S/C22H27NO5/c1-22(2,28-20-9-5-4-8-19(20)25-3)21(24)23-16-10-12-17(13-11-16)27-15-18-7-6-14-26-18/h4-5,8-13,18H,6-7,14-15H2,1-3H3,(H,23,24). The number of rotatable bonds is 8. The van der Waals surface area contributed by atoms with Gasteiger partial charge in [0.05, 0.1) is 13.2 Å². The zero-order valence-corrected chi connectivity index (χ0v) is 16.6. The van der Waals surface area contributed by atoms with Crippen molar-refractivity contribution in [2.24, 2.45) is 0 Å². The maximum Gasteiger partial charge on any atom is 0.267 e. The van der Waals surface area contributed by atoms with Crippen LogP contribution in [0.3, 0.4) is 0 Å². The highest BCUT2D eigenvalue weighted by atomic mass is 16.5. The molecule has 1 N–H and O–H groups in total. The molecule has 2 aromatic carbocycles. The Morgan fingerprint density at radius 1 is 1.14 bits per heavy atom. The largest absolute Gasteiger partial charge is 0.493 e. The first-order chi connectivity index (χ1) is 13.5. The van der Waals surface area contributed by atoms with Crippen LogP contribution in [-0.4, -0.2) is 37.9 Å². The van der Waals surface area contributed by atoms with Crippen LogP contribution in [0.2, 0.25) is 0 Å². The lowest BCUT2D eigenvalue weighted by Gasteiger charge is -2.26. The van der Waals surface area contributed by atoms with E-state index in [4.69, 9.17) is 18.9 Å². The summed E-state index contributed by atoms with van der Waals surface area (Å²) in [5.41, 5.74) is -0.407. The number of amides is 1. The molecule has 6 heteroatoms. The summed E-state index contributed by atoms with van der Waals surface area (Å²) < 4.78 is 22.5. The molecule has 0 spiro atoms.